The molecule has 3 rings (SSSR count). The van der Waals surface area contributed by atoms with Gasteiger partial charge in [0, 0.05) is 19.5 Å². The van der Waals surface area contributed by atoms with Crippen LogP contribution in [0, 0.1) is 0 Å². The number of H-pyrrole nitrogens is 1. The van der Waals surface area contributed by atoms with Gasteiger partial charge in [-0.3, -0.25) is 19.5 Å². The van der Waals surface area contributed by atoms with E-state index in [-0.39, 0.29) is 17.4 Å². The van der Waals surface area contributed by atoms with Crippen molar-refractivity contribution >= 4 is 17.6 Å². The Balaban J connectivity index is 1.85. The molecule has 1 fully saturated rings. The third-order valence-corrected chi connectivity index (χ3v) is 4.03. The smallest absolute Gasteiger partial charge is 0.266 e. The molecule has 7 heteroatoms. The Morgan fingerprint density at radius 1 is 1.26 bits per heavy atom. The highest BCUT2D eigenvalue weighted by molar-refractivity contribution is 5.97. The number of likely N-dealkylation sites (tertiary alicyclic amines) is 1. The van der Waals surface area contributed by atoms with Crippen molar-refractivity contribution in [2.24, 2.45) is 0 Å². The summed E-state index contributed by atoms with van der Waals surface area (Å²) >= 11 is 0. The minimum Gasteiger partial charge on any atom is -0.334 e. The predicted molar refractivity (Wildman–Crippen MR) is 85.4 cm³/mol. The molecule has 2 aromatic rings. The van der Waals surface area contributed by atoms with E-state index in [1.54, 1.807) is 7.05 Å². The van der Waals surface area contributed by atoms with Crippen LogP contribution in [0.3, 0.4) is 0 Å². The predicted octanol–water partition coefficient (Wildman–Crippen LogP) is 1.11. The molecule has 1 aromatic heterocycles. The summed E-state index contributed by atoms with van der Waals surface area (Å²) in [6.07, 6.45) is 1.78. The lowest BCUT2D eigenvalue weighted by Gasteiger charge is -2.31. The van der Waals surface area contributed by atoms with Gasteiger partial charge in [0.15, 0.2) is 0 Å². The lowest BCUT2D eigenvalue weighted by atomic mass is 10.0. The molecule has 0 bridgehead atoms. The fraction of sp³-hybridized carbons (Fsp3) is 0.312. The number of nitrogens with one attached hydrogen (secondary N) is 2. The number of amides is 2. The van der Waals surface area contributed by atoms with Gasteiger partial charge in [-0.15, -0.1) is 0 Å². The highest BCUT2D eigenvalue weighted by atomic mass is 16.2. The molecule has 2 amide bonds. The molecule has 0 saturated carbocycles. The first-order valence-corrected chi connectivity index (χ1v) is 7.50. The molecule has 0 aliphatic carbocycles. The summed E-state index contributed by atoms with van der Waals surface area (Å²) in [5.41, 5.74) is 0.426. The topological polar surface area (TPSA) is 87.2 Å². The molecule has 0 radical (unpaired) electrons. The van der Waals surface area contributed by atoms with E-state index in [1.165, 1.54) is 15.6 Å². The van der Waals surface area contributed by atoms with Crippen molar-refractivity contribution in [3.05, 3.63) is 46.8 Å². The van der Waals surface area contributed by atoms with Crippen LogP contribution in [0.25, 0.3) is 5.69 Å². The number of aromatic amines is 1. The van der Waals surface area contributed by atoms with Crippen molar-refractivity contribution in [1.82, 2.24) is 14.7 Å². The zero-order chi connectivity index (χ0) is 16.4. The molecule has 2 N–H and O–H groups in total. The van der Waals surface area contributed by atoms with Crippen molar-refractivity contribution in [2.75, 3.05) is 12.4 Å². The number of piperidine rings is 1. The number of rotatable bonds is 3. The van der Waals surface area contributed by atoms with Crippen molar-refractivity contribution in [2.45, 2.75) is 25.3 Å². The minimum atomic E-state index is -0.509. The Bertz CT molecular complexity index is 778. The number of nitrogens with zero attached hydrogens (tertiary/aromatic N) is 2. The van der Waals surface area contributed by atoms with Crippen LogP contribution in [0.15, 0.2) is 41.2 Å². The van der Waals surface area contributed by atoms with E-state index < -0.39 is 6.04 Å². The van der Waals surface area contributed by atoms with Gasteiger partial charge in [0.1, 0.15) is 11.9 Å². The maximum absolute atomic E-state index is 12.5. The van der Waals surface area contributed by atoms with Crippen LogP contribution < -0.4 is 10.9 Å². The Morgan fingerprint density at radius 3 is 2.74 bits per heavy atom. The average molecular weight is 314 g/mol. The Labute approximate surface area is 132 Å². The summed E-state index contributed by atoms with van der Waals surface area (Å²) in [4.78, 5) is 37.4. The molecule has 2 heterocycles. The van der Waals surface area contributed by atoms with Gasteiger partial charge < -0.3 is 10.2 Å². The van der Waals surface area contributed by atoms with E-state index in [1.807, 2.05) is 30.3 Å². The fourth-order valence-electron chi connectivity index (χ4n) is 2.77. The number of para-hydroxylation sites is 1. The van der Waals surface area contributed by atoms with Crippen LogP contribution in [0.5, 0.6) is 0 Å². The molecule has 1 aliphatic heterocycles. The Hall–Kier alpha value is -2.83. The lowest BCUT2D eigenvalue weighted by molar-refractivity contribution is -0.140. The lowest BCUT2D eigenvalue weighted by Crippen LogP contribution is -2.47. The summed E-state index contributed by atoms with van der Waals surface area (Å²) in [6, 6.07) is 10.0. The molecule has 1 aliphatic rings. The minimum absolute atomic E-state index is 0.0362. The second-order valence-corrected chi connectivity index (χ2v) is 5.58. The second-order valence-electron chi connectivity index (χ2n) is 5.58. The molecule has 7 nitrogen and oxygen atoms in total. The number of benzene rings is 1. The molecule has 1 aromatic carbocycles. The molecule has 1 unspecified atom stereocenters. The third-order valence-electron chi connectivity index (χ3n) is 4.03. The van der Waals surface area contributed by atoms with Crippen LogP contribution in [-0.2, 0) is 9.59 Å². The number of carbonyl (C=O) groups excluding carboxylic acids is 2. The van der Waals surface area contributed by atoms with Gasteiger partial charge in [-0.2, -0.15) is 0 Å². The average Bonchev–Trinajstić information content (AvgIpc) is 2.91. The number of hydrogen-bond acceptors (Lipinski definition) is 3. The van der Waals surface area contributed by atoms with Crippen LogP contribution in [0.2, 0.25) is 0 Å². The van der Waals surface area contributed by atoms with E-state index in [2.05, 4.69) is 10.4 Å². The fourth-order valence-corrected chi connectivity index (χ4v) is 2.77. The summed E-state index contributed by atoms with van der Waals surface area (Å²) in [5.74, 6) is 0.0350. The third kappa shape index (κ3) is 3.03. The number of likely N-dealkylation sites (N-methyl/N-ethyl adjacent to an activating group) is 1. The van der Waals surface area contributed by atoms with Gasteiger partial charge in [-0.05, 0) is 25.0 Å². The SMILES string of the molecule is CN1C(=O)CCCC1C(=O)Nc1cc(=O)[nH]n1-c1ccccc1. The maximum atomic E-state index is 12.5. The van der Waals surface area contributed by atoms with Gasteiger partial charge >= 0.3 is 0 Å². The van der Waals surface area contributed by atoms with Crippen LogP contribution in [0.1, 0.15) is 19.3 Å². The number of hydrogen-bond donors (Lipinski definition) is 2. The number of carbonyl (C=O) groups is 2. The van der Waals surface area contributed by atoms with E-state index in [9.17, 15) is 14.4 Å². The van der Waals surface area contributed by atoms with E-state index in [0.29, 0.717) is 25.1 Å². The summed E-state index contributed by atoms with van der Waals surface area (Å²) < 4.78 is 1.52. The van der Waals surface area contributed by atoms with Gasteiger partial charge in [0.2, 0.25) is 11.8 Å². The molecule has 1 saturated heterocycles. The summed E-state index contributed by atoms with van der Waals surface area (Å²) in [5, 5.41) is 5.40. The summed E-state index contributed by atoms with van der Waals surface area (Å²) in [6.45, 7) is 0. The molecule has 23 heavy (non-hydrogen) atoms. The first-order chi connectivity index (χ1) is 11.1. The van der Waals surface area contributed by atoms with Gasteiger partial charge in [0.05, 0.1) is 5.69 Å². The van der Waals surface area contributed by atoms with Crippen molar-refractivity contribution < 1.29 is 9.59 Å². The quantitative estimate of drug-likeness (QED) is 0.890. The second kappa shape index (κ2) is 6.12. The molecular weight excluding hydrogens is 296 g/mol. The van der Waals surface area contributed by atoms with Crippen molar-refractivity contribution in [3.63, 3.8) is 0 Å². The van der Waals surface area contributed by atoms with Crippen LogP contribution >= 0.6 is 0 Å². The maximum Gasteiger partial charge on any atom is 0.266 e. The number of anilines is 1. The molecule has 0 spiro atoms. The van der Waals surface area contributed by atoms with E-state index >= 15 is 0 Å². The highest BCUT2D eigenvalue weighted by Gasteiger charge is 2.30. The van der Waals surface area contributed by atoms with Gasteiger partial charge in [-0.1, -0.05) is 18.2 Å². The highest BCUT2D eigenvalue weighted by Crippen LogP contribution is 2.19. The Kier molecular flexibility index (Phi) is 4.01. The van der Waals surface area contributed by atoms with Crippen LogP contribution in [-0.4, -0.2) is 39.6 Å². The van der Waals surface area contributed by atoms with E-state index in [0.717, 1.165) is 5.69 Å². The normalized spacial score (nSPS) is 18.0. The number of aromatic nitrogens is 2. The van der Waals surface area contributed by atoms with Gasteiger partial charge in [-0.25, -0.2) is 4.68 Å². The Morgan fingerprint density at radius 2 is 2.00 bits per heavy atom. The molecule has 120 valence electrons. The molecule has 1 atom stereocenters. The van der Waals surface area contributed by atoms with E-state index in [4.69, 9.17) is 0 Å². The zero-order valence-electron chi connectivity index (χ0n) is 12.8. The zero-order valence-corrected chi connectivity index (χ0v) is 12.8. The first kappa shape index (κ1) is 15.1. The van der Waals surface area contributed by atoms with Gasteiger partial charge in [0.25, 0.3) is 5.56 Å². The first-order valence-electron chi connectivity index (χ1n) is 7.50. The molecular formula is C16H18N4O3. The van der Waals surface area contributed by atoms with Crippen molar-refractivity contribution in [3.8, 4) is 5.69 Å². The van der Waals surface area contributed by atoms with Crippen LogP contribution in [0.4, 0.5) is 5.82 Å². The monoisotopic (exact) mass is 314 g/mol. The van der Waals surface area contributed by atoms with Crippen molar-refractivity contribution in [1.29, 1.82) is 0 Å². The largest absolute Gasteiger partial charge is 0.334 e. The summed E-state index contributed by atoms with van der Waals surface area (Å²) in [7, 11) is 1.63. The standard InChI is InChI=1S/C16H18N4O3/c1-19-12(8-5-9-15(19)22)16(23)17-13-10-14(21)18-20(13)11-6-3-2-4-7-11/h2-4,6-7,10,12H,5,8-9H2,1H3,(H,17,23)(H,18,21).